The standard InChI is InChI=1S/C15H16FNO2S/c16-14-11-13(5-4-12(14)3-1-8-18)15(19)17-6-2-9-20-10-7-17/h4-5,11,18H,2,6-10H2. The predicted molar refractivity (Wildman–Crippen MR) is 78.2 cm³/mol. The first-order valence-corrected chi connectivity index (χ1v) is 7.64. The molecule has 1 heterocycles. The molecule has 3 nitrogen and oxygen atoms in total. The highest BCUT2D eigenvalue weighted by Gasteiger charge is 2.18. The van der Waals surface area contributed by atoms with Crippen LogP contribution in [0.4, 0.5) is 4.39 Å². The highest BCUT2D eigenvalue weighted by molar-refractivity contribution is 7.99. The molecule has 1 saturated heterocycles. The van der Waals surface area contributed by atoms with Gasteiger partial charge in [0.15, 0.2) is 0 Å². The molecule has 0 spiro atoms. The Hall–Kier alpha value is -1.51. The Morgan fingerprint density at radius 3 is 3.00 bits per heavy atom. The Morgan fingerprint density at radius 2 is 2.25 bits per heavy atom. The van der Waals surface area contributed by atoms with Gasteiger partial charge in [0.1, 0.15) is 12.4 Å². The summed E-state index contributed by atoms with van der Waals surface area (Å²) in [4.78, 5) is 14.1. The third-order valence-electron chi connectivity index (χ3n) is 3.03. The average molecular weight is 293 g/mol. The van der Waals surface area contributed by atoms with Crippen LogP contribution in [-0.2, 0) is 0 Å². The minimum atomic E-state index is -0.527. The first kappa shape index (κ1) is 14.9. The lowest BCUT2D eigenvalue weighted by Gasteiger charge is -2.20. The number of aliphatic hydroxyl groups is 1. The molecule has 1 aromatic carbocycles. The average Bonchev–Trinajstić information content (AvgIpc) is 2.74. The van der Waals surface area contributed by atoms with Gasteiger partial charge in [0.2, 0.25) is 0 Å². The van der Waals surface area contributed by atoms with Crippen molar-refractivity contribution in [3.63, 3.8) is 0 Å². The SMILES string of the molecule is O=C(c1ccc(C#CCO)c(F)c1)N1CCCSCC1. The molecule has 0 bridgehead atoms. The van der Waals surface area contributed by atoms with Crippen molar-refractivity contribution in [2.45, 2.75) is 6.42 Å². The van der Waals surface area contributed by atoms with E-state index in [1.54, 1.807) is 11.0 Å². The molecule has 0 aromatic heterocycles. The minimum absolute atomic E-state index is 0.131. The lowest BCUT2D eigenvalue weighted by molar-refractivity contribution is 0.0768. The summed E-state index contributed by atoms with van der Waals surface area (Å²) in [6.07, 6.45) is 0.971. The van der Waals surface area contributed by atoms with Crippen molar-refractivity contribution in [2.24, 2.45) is 0 Å². The molecule has 1 N–H and O–H groups in total. The van der Waals surface area contributed by atoms with Gasteiger partial charge in [-0.15, -0.1) is 0 Å². The molecule has 1 aliphatic heterocycles. The smallest absolute Gasteiger partial charge is 0.253 e. The monoisotopic (exact) mass is 293 g/mol. The van der Waals surface area contributed by atoms with Crippen molar-refractivity contribution >= 4 is 17.7 Å². The van der Waals surface area contributed by atoms with E-state index in [-0.39, 0.29) is 18.1 Å². The molecule has 1 fully saturated rings. The molecule has 0 atom stereocenters. The molecule has 0 unspecified atom stereocenters. The largest absolute Gasteiger partial charge is 0.384 e. The van der Waals surface area contributed by atoms with Crippen LogP contribution in [0.15, 0.2) is 18.2 Å². The Kier molecular flexibility index (Phi) is 5.45. The van der Waals surface area contributed by atoms with E-state index in [4.69, 9.17) is 5.11 Å². The fraction of sp³-hybridized carbons (Fsp3) is 0.400. The second-order valence-corrected chi connectivity index (χ2v) is 5.64. The molecule has 0 aliphatic carbocycles. The highest BCUT2D eigenvalue weighted by atomic mass is 32.2. The zero-order chi connectivity index (χ0) is 14.4. The van der Waals surface area contributed by atoms with Gasteiger partial charge in [-0.25, -0.2) is 4.39 Å². The van der Waals surface area contributed by atoms with E-state index >= 15 is 0 Å². The third kappa shape index (κ3) is 3.75. The van der Waals surface area contributed by atoms with E-state index in [0.29, 0.717) is 12.1 Å². The number of nitrogens with zero attached hydrogens (tertiary/aromatic N) is 1. The Bertz CT molecular complexity index is 543. The Labute approximate surface area is 122 Å². The van der Waals surface area contributed by atoms with Gasteiger partial charge >= 0.3 is 0 Å². The van der Waals surface area contributed by atoms with E-state index in [1.807, 2.05) is 11.8 Å². The molecular formula is C15H16FNO2S. The molecule has 20 heavy (non-hydrogen) atoms. The summed E-state index contributed by atoms with van der Waals surface area (Å²) < 4.78 is 13.8. The fourth-order valence-electron chi connectivity index (χ4n) is 2.02. The predicted octanol–water partition coefficient (Wildman–Crippen LogP) is 1.75. The molecule has 5 heteroatoms. The summed E-state index contributed by atoms with van der Waals surface area (Å²) in [6.45, 7) is 1.11. The summed E-state index contributed by atoms with van der Waals surface area (Å²) in [5, 5.41) is 8.60. The van der Waals surface area contributed by atoms with Crippen LogP contribution >= 0.6 is 11.8 Å². The van der Waals surface area contributed by atoms with Gasteiger partial charge in [0.05, 0.1) is 5.56 Å². The first-order chi connectivity index (χ1) is 9.72. The molecule has 2 rings (SSSR count). The topological polar surface area (TPSA) is 40.5 Å². The molecular weight excluding hydrogens is 277 g/mol. The van der Waals surface area contributed by atoms with Crippen molar-refractivity contribution in [2.75, 3.05) is 31.2 Å². The van der Waals surface area contributed by atoms with Crippen molar-refractivity contribution in [3.8, 4) is 11.8 Å². The van der Waals surface area contributed by atoms with E-state index in [2.05, 4.69) is 11.8 Å². The second kappa shape index (κ2) is 7.32. The van der Waals surface area contributed by atoms with Crippen LogP contribution in [0.2, 0.25) is 0 Å². The maximum absolute atomic E-state index is 13.8. The van der Waals surface area contributed by atoms with E-state index < -0.39 is 5.82 Å². The van der Waals surface area contributed by atoms with Crippen molar-refractivity contribution < 1.29 is 14.3 Å². The van der Waals surface area contributed by atoms with Crippen molar-refractivity contribution in [1.29, 1.82) is 0 Å². The van der Waals surface area contributed by atoms with Crippen LogP contribution < -0.4 is 0 Å². The van der Waals surface area contributed by atoms with Gasteiger partial charge in [-0.2, -0.15) is 11.8 Å². The molecule has 1 aromatic rings. The van der Waals surface area contributed by atoms with E-state index in [9.17, 15) is 9.18 Å². The van der Waals surface area contributed by atoms with Crippen LogP contribution in [0.1, 0.15) is 22.3 Å². The zero-order valence-corrected chi connectivity index (χ0v) is 11.9. The zero-order valence-electron chi connectivity index (χ0n) is 11.1. The van der Waals surface area contributed by atoms with Crippen molar-refractivity contribution in [3.05, 3.63) is 35.1 Å². The lowest BCUT2D eigenvalue weighted by Crippen LogP contribution is -2.33. The molecule has 1 amide bonds. The number of amides is 1. The number of aliphatic hydroxyl groups excluding tert-OH is 1. The lowest BCUT2D eigenvalue weighted by atomic mass is 10.1. The van der Waals surface area contributed by atoms with Gasteiger partial charge in [0.25, 0.3) is 5.91 Å². The highest BCUT2D eigenvalue weighted by Crippen LogP contribution is 2.15. The van der Waals surface area contributed by atoms with Gasteiger partial charge in [0, 0.05) is 24.4 Å². The summed E-state index contributed by atoms with van der Waals surface area (Å²) in [7, 11) is 0. The number of thioether (sulfide) groups is 1. The maximum Gasteiger partial charge on any atom is 0.253 e. The molecule has 0 radical (unpaired) electrons. The summed E-state index contributed by atoms with van der Waals surface area (Å²) in [6, 6.07) is 4.30. The first-order valence-electron chi connectivity index (χ1n) is 6.48. The van der Waals surface area contributed by atoms with Gasteiger partial charge in [-0.1, -0.05) is 11.8 Å². The maximum atomic E-state index is 13.8. The van der Waals surface area contributed by atoms with Crippen LogP contribution in [0.25, 0.3) is 0 Å². The fourth-order valence-corrected chi connectivity index (χ4v) is 2.90. The summed E-state index contributed by atoms with van der Waals surface area (Å²) >= 11 is 1.84. The van der Waals surface area contributed by atoms with Crippen LogP contribution in [0.5, 0.6) is 0 Å². The van der Waals surface area contributed by atoms with Gasteiger partial charge in [-0.3, -0.25) is 4.79 Å². The number of hydrogen-bond donors (Lipinski definition) is 1. The Balaban J connectivity index is 2.15. The minimum Gasteiger partial charge on any atom is -0.384 e. The van der Waals surface area contributed by atoms with Gasteiger partial charge in [-0.05, 0) is 30.4 Å². The second-order valence-electron chi connectivity index (χ2n) is 4.41. The number of carbonyl (C=O) groups excluding carboxylic acids is 1. The van der Waals surface area contributed by atoms with E-state index in [0.717, 1.165) is 24.5 Å². The third-order valence-corrected chi connectivity index (χ3v) is 4.08. The normalized spacial score (nSPS) is 15.2. The van der Waals surface area contributed by atoms with Crippen LogP contribution in [0, 0.1) is 17.7 Å². The number of rotatable bonds is 1. The molecule has 106 valence electrons. The summed E-state index contributed by atoms with van der Waals surface area (Å²) in [5.41, 5.74) is 0.547. The number of hydrogen-bond acceptors (Lipinski definition) is 3. The van der Waals surface area contributed by atoms with E-state index in [1.165, 1.54) is 12.1 Å². The van der Waals surface area contributed by atoms with Crippen molar-refractivity contribution in [1.82, 2.24) is 4.90 Å². The van der Waals surface area contributed by atoms with Crippen LogP contribution in [0.3, 0.4) is 0 Å². The number of halogens is 1. The van der Waals surface area contributed by atoms with Gasteiger partial charge < -0.3 is 10.0 Å². The molecule has 1 aliphatic rings. The quantitative estimate of drug-likeness (QED) is 0.802. The number of benzene rings is 1. The molecule has 0 saturated carbocycles. The van der Waals surface area contributed by atoms with Crippen LogP contribution in [-0.4, -0.2) is 47.1 Å². The Morgan fingerprint density at radius 1 is 1.40 bits per heavy atom. The summed E-state index contributed by atoms with van der Waals surface area (Å²) in [5.74, 6) is 6.24. The number of carbonyl (C=O) groups is 1.